The molecule has 0 amide bonds. The fourth-order valence-corrected chi connectivity index (χ4v) is 1.49. The van der Waals surface area contributed by atoms with Crippen molar-refractivity contribution in [3.8, 4) is 0 Å². The Hall–Kier alpha value is -2.25. The first kappa shape index (κ1) is 11.2. The zero-order chi connectivity index (χ0) is 12.3. The van der Waals surface area contributed by atoms with Crippen molar-refractivity contribution < 1.29 is 9.90 Å². The van der Waals surface area contributed by atoms with Gasteiger partial charge in [-0.15, -0.1) is 5.10 Å². The molecule has 90 valence electrons. The van der Waals surface area contributed by atoms with Gasteiger partial charge in [0.2, 0.25) is 0 Å². The third-order valence-corrected chi connectivity index (χ3v) is 2.37. The van der Waals surface area contributed by atoms with Gasteiger partial charge in [-0.1, -0.05) is 6.92 Å². The van der Waals surface area contributed by atoms with Gasteiger partial charge in [0.1, 0.15) is 0 Å². The number of carboxylic acid groups (broad SMARTS) is 1. The molecule has 8 heteroatoms. The number of tetrazole rings is 1. The molecule has 1 atom stereocenters. The second-order valence-corrected chi connectivity index (χ2v) is 3.59. The van der Waals surface area contributed by atoms with Crippen LogP contribution in [0.15, 0.2) is 12.4 Å². The number of rotatable bonds is 5. The minimum absolute atomic E-state index is 0.0367. The van der Waals surface area contributed by atoms with Crippen LogP contribution in [-0.2, 0) is 4.79 Å². The second-order valence-electron chi connectivity index (χ2n) is 3.59. The molecule has 0 aliphatic rings. The average Bonchev–Trinajstić information content (AvgIpc) is 2.76. The lowest BCUT2D eigenvalue weighted by molar-refractivity contribution is -0.137. The molecule has 2 N–H and O–H groups in total. The highest BCUT2D eigenvalue weighted by Gasteiger charge is 2.13. The zero-order valence-corrected chi connectivity index (χ0v) is 9.24. The van der Waals surface area contributed by atoms with Crippen molar-refractivity contribution in [3.63, 3.8) is 0 Å². The molecule has 0 bridgehead atoms. The van der Waals surface area contributed by atoms with Crippen LogP contribution in [0.4, 0.5) is 5.82 Å². The number of hydrogen-bond donors (Lipinski definition) is 2. The molecule has 0 radical (unpaired) electrons. The van der Waals surface area contributed by atoms with E-state index in [1.165, 1.54) is 10.7 Å². The highest BCUT2D eigenvalue weighted by atomic mass is 16.4. The van der Waals surface area contributed by atoms with E-state index in [0.717, 1.165) is 0 Å². The van der Waals surface area contributed by atoms with Crippen molar-refractivity contribution in [2.75, 3.05) is 5.32 Å². The summed E-state index contributed by atoms with van der Waals surface area (Å²) in [4.78, 5) is 14.6. The summed E-state index contributed by atoms with van der Waals surface area (Å²) in [6, 6.07) is -0.177. The van der Waals surface area contributed by atoms with Crippen LogP contribution in [0.25, 0.3) is 5.65 Å². The van der Waals surface area contributed by atoms with E-state index < -0.39 is 5.97 Å². The van der Waals surface area contributed by atoms with Crippen LogP contribution in [0.1, 0.15) is 19.8 Å². The van der Waals surface area contributed by atoms with Gasteiger partial charge in [0.05, 0.1) is 18.8 Å². The topological polar surface area (TPSA) is 105 Å². The predicted molar refractivity (Wildman–Crippen MR) is 58.5 cm³/mol. The van der Waals surface area contributed by atoms with E-state index in [1.807, 2.05) is 6.92 Å². The van der Waals surface area contributed by atoms with Crippen molar-refractivity contribution in [3.05, 3.63) is 12.4 Å². The van der Waals surface area contributed by atoms with Crippen LogP contribution in [0, 0.1) is 0 Å². The lowest BCUT2D eigenvalue weighted by atomic mass is 10.1. The van der Waals surface area contributed by atoms with Gasteiger partial charge in [-0.2, -0.15) is 4.52 Å². The summed E-state index contributed by atoms with van der Waals surface area (Å²) in [5, 5.41) is 22.9. The van der Waals surface area contributed by atoms with Gasteiger partial charge in [-0.25, -0.2) is 0 Å². The Morgan fingerprint density at radius 1 is 1.59 bits per heavy atom. The molecule has 0 fully saturated rings. The first-order valence-electron chi connectivity index (χ1n) is 5.21. The monoisotopic (exact) mass is 236 g/mol. The summed E-state index contributed by atoms with van der Waals surface area (Å²) in [7, 11) is 0. The number of aromatic nitrogens is 5. The summed E-state index contributed by atoms with van der Waals surface area (Å²) in [5.41, 5.74) is 0.514. The Morgan fingerprint density at radius 2 is 2.41 bits per heavy atom. The number of hydrogen-bond acceptors (Lipinski definition) is 6. The third-order valence-electron chi connectivity index (χ3n) is 2.37. The SMILES string of the molecule is CCC(CC(=O)O)Nc1cncc2nnnn12. The number of nitrogens with zero attached hydrogens (tertiary/aromatic N) is 5. The number of anilines is 1. The van der Waals surface area contributed by atoms with Gasteiger partial charge in [-0.05, 0) is 16.8 Å². The Kier molecular flexibility index (Phi) is 3.12. The summed E-state index contributed by atoms with van der Waals surface area (Å²) < 4.78 is 1.48. The predicted octanol–water partition coefficient (Wildman–Crippen LogP) is 0.184. The number of carboxylic acids is 1. The minimum atomic E-state index is -0.846. The van der Waals surface area contributed by atoms with Gasteiger partial charge < -0.3 is 10.4 Å². The number of nitrogens with one attached hydrogen (secondary N) is 1. The molecule has 17 heavy (non-hydrogen) atoms. The molecule has 2 heterocycles. The summed E-state index contributed by atoms with van der Waals surface area (Å²) in [5.74, 6) is -0.262. The number of carbonyl (C=O) groups is 1. The van der Waals surface area contributed by atoms with E-state index in [-0.39, 0.29) is 12.5 Å². The molecule has 0 aromatic carbocycles. The van der Waals surface area contributed by atoms with E-state index >= 15 is 0 Å². The van der Waals surface area contributed by atoms with Crippen molar-refractivity contribution >= 4 is 17.4 Å². The molecule has 2 aromatic rings. The molecular formula is C9H12N6O2. The van der Waals surface area contributed by atoms with E-state index in [1.54, 1.807) is 6.20 Å². The highest BCUT2D eigenvalue weighted by molar-refractivity contribution is 5.68. The van der Waals surface area contributed by atoms with E-state index in [9.17, 15) is 4.79 Å². The molecule has 2 aromatic heterocycles. The van der Waals surface area contributed by atoms with Gasteiger partial charge in [-0.3, -0.25) is 9.78 Å². The Labute approximate surface area is 96.7 Å². The maximum Gasteiger partial charge on any atom is 0.305 e. The molecule has 8 nitrogen and oxygen atoms in total. The largest absolute Gasteiger partial charge is 0.481 e. The zero-order valence-electron chi connectivity index (χ0n) is 9.24. The van der Waals surface area contributed by atoms with E-state index in [4.69, 9.17) is 5.11 Å². The van der Waals surface area contributed by atoms with Gasteiger partial charge in [0, 0.05) is 6.04 Å². The molecule has 0 saturated heterocycles. The lowest BCUT2D eigenvalue weighted by Gasteiger charge is -2.15. The van der Waals surface area contributed by atoms with Crippen LogP contribution in [0.5, 0.6) is 0 Å². The van der Waals surface area contributed by atoms with Gasteiger partial charge >= 0.3 is 5.97 Å². The molecular weight excluding hydrogens is 224 g/mol. The normalized spacial score (nSPS) is 12.5. The average molecular weight is 236 g/mol. The Bertz CT molecular complexity index is 525. The second kappa shape index (κ2) is 4.73. The number of fused-ring (bicyclic) bond motifs is 1. The molecule has 0 aliphatic heterocycles. The van der Waals surface area contributed by atoms with Gasteiger partial charge in [0.15, 0.2) is 11.5 Å². The summed E-state index contributed by atoms with van der Waals surface area (Å²) in [6.45, 7) is 1.91. The van der Waals surface area contributed by atoms with Crippen LogP contribution in [0.2, 0.25) is 0 Å². The molecule has 1 unspecified atom stereocenters. The van der Waals surface area contributed by atoms with E-state index in [2.05, 4.69) is 25.8 Å². The highest BCUT2D eigenvalue weighted by Crippen LogP contribution is 2.10. The molecule has 0 spiro atoms. The summed E-state index contributed by atoms with van der Waals surface area (Å²) in [6.07, 6.45) is 3.82. The van der Waals surface area contributed by atoms with Crippen LogP contribution >= 0.6 is 0 Å². The maximum atomic E-state index is 10.7. The number of aliphatic carboxylic acids is 1. The van der Waals surface area contributed by atoms with Gasteiger partial charge in [0.25, 0.3) is 0 Å². The fraction of sp³-hybridized carbons (Fsp3) is 0.444. The lowest BCUT2D eigenvalue weighted by Crippen LogP contribution is -2.23. The fourth-order valence-electron chi connectivity index (χ4n) is 1.49. The van der Waals surface area contributed by atoms with E-state index in [0.29, 0.717) is 17.9 Å². The first-order valence-corrected chi connectivity index (χ1v) is 5.21. The standard InChI is InChI=1S/C9H12N6O2/c1-2-6(3-9(16)17)11-7-4-10-5-8-12-13-14-15(7)8/h4-6,11H,2-3H2,1H3,(H,16,17). The third kappa shape index (κ3) is 2.47. The minimum Gasteiger partial charge on any atom is -0.481 e. The maximum absolute atomic E-state index is 10.7. The van der Waals surface area contributed by atoms with Crippen LogP contribution < -0.4 is 5.32 Å². The molecule has 2 rings (SSSR count). The Balaban J connectivity index is 2.21. The molecule has 0 aliphatic carbocycles. The van der Waals surface area contributed by atoms with Crippen molar-refractivity contribution in [2.24, 2.45) is 0 Å². The van der Waals surface area contributed by atoms with Crippen LogP contribution in [-0.4, -0.2) is 42.1 Å². The first-order chi connectivity index (χ1) is 8.20. The summed E-state index contributed by atoms with van der Waals surface area (Å²) >= 11 is 0. The quantitative estimate of drug-likeness (QED) is 0.762. The molecule has 0 saturated carbocycles. The van der Waals surface area contributed by atoms with Crippen LogP contribution in [0.3, 0.4) is 0 Å². The van der Waals surface area contributed by atoms with Crippen molar-refractivity contribution in [1.29, 1.82) is 0 Å². The Morgan fingerprint density at radius 3 is 3.12 bits per heavy atom. The van der Waals surface area contributed by atoms with Crippen molar-refractivity contribution in [1.82, 2.24) is 25.0 Å². The smallest absolute Gasteiger partial charge is 0.305 e. The van der Waals surface area contributed by atoms with Crippen molar-refractivity contribution in [2.45, 2.75) is 25.8 Å².